The van der Waals surface area contributed by atoms with E-state index in [4.69, 9.17) is 9.47 Å². The summed E-state index contributed by atoms with van der Waals surface area (Å²) in [5.41, 5.74) is 2.47. The number of esters is 1. The quantitative estimate of drug-likeness (QED) is 0.284. The van der Waals surface area contributed by atoms with Gasteiger partial charge in [0.05, 0.1) is 7.11 Å². The normalized spacial score (nSPS) is 10.8. The van der Waals surface area contributed by atoms with Crippen LogP contribution in [0.25, 0.3) is 21.9 Å². The molecule has 2 aromatic carbocycles. The van der Waals surface area contributed by atoms with Gasteiger partial charge in [0, 0.05) is 28.7 Å². The van der Waals surface area contributed by atoms with Gasteiger partial charge in [-0.3, -0.25) is 4.98 Å². The summed E-state index contributed by atoms with van der Waals surface area (Å²) in [7, 11) is 1.29. The number of benzene rings is 2. The monoisotopic (exact) mass is 466 g/mol. The number of halogens is 2. The average Bonchev–Trinajstić information content (AvgIpc) is 2.78. The van der Waals surface area contributed by atoms with Crippen LogP contribution >= 0.6 is 15.9 Å². The third-order valence-electron chi connectivity index (χ3n) is 4.58. The number of carbonyl (C=O) groups excluding carboxylic acids is 1. The van der Waals surface area contributed by atoms with E-state index < -0.39 is 5.97 Å². The van der Waals surface area contributed by atoms with Crippen molar-refractivity contribution >= 4 is 32.7 Å². The van der Waals surface area contributed by atoms with Crippen molar-refractivity contribution in [3.63, 3.8) is 0 Å². The van der Waals surface area contributed by atoms with Crippen molar-refractivity contribution < 1.29 is 18.7 Å². The van der Waals surface area contributed by atoms with Gasteiger partial charge in [0.15, 0.2) is 11.4 Å². The Morgan fingerprint density at radius 1 is 1.07 bits per heavy atom. The fourth-order valence-corrected chi connectivity index (χ4v) is 3.75. The molecule has 0 aliphatic heterocycles. The number of ether oxygens (including phenoxy) is 2. The van der Waals surface area contributed by atoms with Crippen LogP contribution < -0.4 is 4.74 Å². The molecule has 0 aliphatic rings. The first-order valence-electron chi connectivity index (χ1n) is 9.06. The molecule has 0 unspecified atom stereocenters. The van der Waals surface area contributed by atoms with Crippen molar-refractivity contribution in [3.8, 4) is 16.9 Å². The number of aromatic nitrogens is 2. The Labute approximate surface area is 180 Å². The fourth-order valence-electron chi connectivity index (χ4n) is 3.15. The number of carbonyl (C=O) groups is 1. The van der Waals surface area contributed by atoms with Gasteiger partial charge >= 0.3 is 5.97 Å². The number of hydrogen-bond acceptors (Lipinski definition) is 5. The van der Waals surface area contributed by atoms with E-state index in [-0.39, 0.29) is 23.9 Å². The highest BCUT2D eigenvalue weighted by Gasteiger charge is 2.23. The maximum Gasteiger partial charge on any atom is 0.360 e. The maximum absolute atomic E-state index is 13.4. The van der Waals surface area contributed by atoms with Crippen molar-refractivity contribution in [1.29, 1.82) is 0 Å². The van der Waals surface area contributed by atoms with E-state index in [1.54, 1.807) is 24.5 Å². The van der Waals surface area contributed by atoms with Crippen LogP contribution in [0.1, 0.15) is 16.1 Å². The minimum atomic E-state index is -0.618. The van der Waals surface area contributed by atoms with E-state index in [0.717, 1.165) is 16.7 Å². The fraction of sp³-hybridized carbons (Fsp3) is 0.0870. The van der Waals surface area contributed by atoms with Gasteiger partial charge < -0.3 is 9.47 Å². The highest BCUT2D eigenvalue weighted by Crippen LogP contribution is 2.39. The Kier molecular flexibility index (Phi) is 5.72. The molecule has 7 heteroatoms. The molecule has 0 fully saturated rings. The molecule has 0 aliphatic carbocycles. The topological polar surface area (TPSA) is 61.3 Å². The molecular formula is C23H16BrFN2O3. The van der Waals surface area contributed by atoms with Gasteiger partial charge in [0.2, 0.25) is 0 Å². The van der Waals surface area contributed by atoms with E-state index in [1.165, 1.54) is 19.2 Å². The van der Waals surface area contributed by atoms with Gasteiger partial charge in [-0.15, -0.1) is 0 Å². The van der Waals surface area contributed by atoms with Crippen LogP contribution in [0, 0.1) is 5.82 Å². The zero-order valence-electron chi connectivity index (χ0n) is 15.9. The highest BCUT2D eigenvalue weighted by molar-refractivity contribution is 9.10. The van der Waals surface area contributed by atoms with Crippen LogP contribution in [0.2, 0.25) is 0 Å². The van der Waals surface area contributed by atoms with E-state index in [0.29, 0.717) is 15.4 Å². The number of methoxy groups -OCH3 is 1. The van der Waals surface area contributed by atoms with E-state index in [9.17, 15) is 9.18 Å². The third kappa shape index (κ3) is 3.89. The number of hydrogen-bond donors (Lipinski definition) is 0. The minimum Gasteiger partial charge on any atom is -0.486 e. The van der Waals surface area contributed by atoms with Crippen LogP contribution in [0.4, 0.5) is 4.39 Å². The standard InChI is InChI=1S/C23H16BrFN2O3/c1-29-23(28)20-21(30-13-14-5-3-2-4-6-14)18-12-26-11-17(19(18)22(24)27-20)15-7-9-16(25)10-8-15/h2-12H,13H2,1H3. The molecule has 150 valence electrons. The summed E-state index contributed by atoms with van der Waals surface area (Å²) in [5, 5.41) is 1.29. The summed E-state index contributed by atoms with van der Waals surface area (Å²) in [5.74, 6) is -0.669. The number of fused-ring (bicyclic) bond motifs is 1. The summed E-state index contributed by atoms with van der Waals surface area (Å²) in [6, 6.07) is 15.7. The Morgan fingerprint density at radius 2 is 1.80 bits per heavy atom. The molecule has 0 saturated carbocycles. The van der Waals surface area contributed by atoms with Crippen molar-refractivity contribution in [2.24, 2.45) is 0 Å². The average molecular weight is 467 g/mol. The van der Waals surface area contributed by atoms with Crippen LogP contribution in [0.3, 0.4) is 0 Å². The van der Waals surface area contributed by atoms with Gasteiger partial charge in [-0.1, -0.05) is 42.5 Å². The SMILES string of the molecule is COC(=O)c1nc(Br)c2c(-c3ccc(F)cc3)cncc2c1OCc1ccccc1. The number of pyridine rings is 2. The molecule has 0 atom stereocenters. The Morgan fingerprint density at radius 3 is 2.50 bits per heavy atom. The van der Waals surface area contributed by atoms with Gasteiger partial charge in [-0.05, 0) is 39.2 Å². The molecule has 0 saturated heterocycles. The zero-order valence-corrected chi connectivity index (χ0v) is 17.5. The zero-order chi connectivity index (χ0) is 21.1. The first kappa shape index (κ1) is 20.0. The summed E-state index contributed by atoms with van der Waals surface area (Å²) >= 11 is 3.46. The first-order chi connectivity index (χ1) is 14.6. The van der Waals surface area contributed by atoms with Crippen molar-refractivity contribution in [2.75, 3.05) is 7.11 Å². The summed E-state index contributed by atoms with van der Waals surface area (Å²) in [6.45, 7) is 0.240. The highest BCUT2D eigenvalue weighted by atomic mass is 79.9. The summed E-state index contributed by atoms with van der Waals surface area (Å²) in [4.78, 5) is 21.1. The van der Waals surface area contributed by atoms with Crippen LogP contribution in [-0.2, 0) is 11.3 Å². The molecule has 30 heavy (non-hydrogen) atoms. The van der Waals surface area contributed by atoms with Gasteiger partial charge in [0.1, 0.15) is 17.0 Å². The summed E-state index contributed by atoms with van der Waals surface area (Å²) < 4.78 is 24.8. The molecule has 5 nitrogen and oxygen atoms in total. The molecule has 4 aromatic rings. The molecular weight excluding hydrogens is 451 g/mol. The molecule has 2 aromatic heterocycles. The second-order valence-electron chi connectivity index (χ2n) is 6.46. The molecule has 0 bridgehead atoms. The Balaban J connectivity index is 1.90. The molecule has 0 amide bonds. The number of nitrogens with zero attached hydrogens (tertiary/aromatic N) is 2. The lowest BCUT2D eigenvalue weighted by Gasteiger charge is -2.16. The molecule has 0 N–H and O–H groups in total. The van der Waals surface area contributed by atoms with Crippen LogP contribution in [0.15, 0.2) is 71.6 Å². The Hall–Kier alpha value is -3.32. The second kappa shape index (κ2) is 8.59. The van der Waals surface area contributed by atoms with Gasteiger partial charge in [-0.2, -0.15) is 0 Å². The smallest absolute Gasteiger partial charge is 0.360 e. The lowest BCUT2D eigenvalue weighted by atomic mass is 10.0. The lowest BCUT2D eigenvalue weighted by Crippen LogP contribution is -2.10. The minimum absolute atomic E-state index is 0.0471. The van der Waals surface area contributed by atoms with Crippen molar-refractivity contribution in [3.05, 3.63) is 88.7 Å². The molecule has 4 rings (SSSR count). The van der Waals surface area contributed by atoms with Crippen LogP contribution in [-0.4, -0.2) is 23.0 Å². The van der Waals surface area contributed by atoms with E-state index in [2.05, 4.69) is 25.9 Å². The first-order valence-corrected chi connectivity index (χ1v) is 9.86. The van der Waals surface area contributed by atoms with Gasteiger partial charge in [-0.25, -0.2) is 14.2 Å². The molecule has 2 heterocycles. The largest absolute Gasteiger partial charge is 0.486 e. The predicted octanol–water partition coefficient (Wildman–Crippen LogP) is 5.56. The Bertz CT molecular complexity index is 1210. The van der Waals surface area contributed by atoms with E-state index >= 15 is 0 Å². The molecule has 0 spiro atoms. The van der Waals surface area contributed by atoms with Crippen LogP contribution in [0.5, 0.6) is 5.75 Å². The van der Waals surface area contributed by atoms with E-state index in [1.807, 2.05) is 30.3 Å². The maximum atomic E-state index is 13.4. The van der Waals surface area contributed by atoms with Gasteiger partial charge in [0.25, 0.3) is 0 Å². The third-order valence-corrected chi connectivity index (χ3v) is 5.16. The number of rotatable bonds is 5. The predicted molar refractivity (Wildman–Crippen MR) is 115 cm³/mol. The second-order valence-corrected chi connectivity index (χ2v) is 7.21. The lowest BCUT2D eigenvalue weighted by molar-refractivity contribution is 0.0588. The van der Waals surface area contributed by atoms with Crippen molar-refractivity contribution in [2.45, 2.75) is 6.61 Å². The van der Waals surface area contributed by atoms with Crippen molar-refractivity contribution in [1.82, 2.24) is 9.97 Å². The molecule has 0 radical (unpaired) electrons. The summed E-state index contributed by atoms with van der Waals surface area (Å²) in [6.07, 6.45) is 3.28.